The molecule has 16 heteroatoms. The quantitative estimate of drug-likeness (QED) is 0.166. The van der Waals surface area contributed by atoms with E-state index in [2.05, 4.69) is 35.9 Å². The zero-order valence-corrected chi connectivity index (χ0v) is 25.1. The van der Waals surface area contributed by atoms with Gasteiger partial charge in [0.05, 0.1) is 18.7 Å². The highest BCUT2D eigenvalue weighted by Crippen LogP contribution is 2.36. The van der Waals surface area contributed by atoms with Crippen molar-refractivity contribution in [3.63, 3.8) is 0 Å². The molecule has 0 unspecified atom stereocenters. The number of benzene rings is 2. The summed E-state index contributed by atoms with van der Waals surface area (Å²) in [4.78, 5) is 38.6. The zero-order chi connectivity index (χ0) is 32.8. The van der Waals surface area contributed by atoms with Crippen molar-refractivity contribution in [1.29, 1.82) is 0 Å². The van der Waals surface area contributed by atoms with Crippen LogP contribution in [-0.2, 0) is 16.1 Å². The molecule has 0 saturated heterocycles. The predicted octanol–water partition coefficient (Wildman–Crippen LogP) is 4.87. The first-order chi connectivity index (χ1) is 22.9. The van der Waals surface area contributed by atoms with Crippen molar-refractivity contribution in [2.75, 3.05) is 36.3 Å². The molecule has 0 saturated carbocycles. The number of methoxy groups -OCH3 is 1. The third-order valence-corrected chi connectivity index (χ3v) is 6.71. The fraction of sp³-hybridized carbons (Fsp3) is 0.161. The fourth-order valence-corrected chi connectivity index (χ4v) is 4.69. The lowest BCUT2D eigenvalue weighted by Gasteiger charge is -2.17. The first-order valence-electron chi connectivity index (χ1n) is 14.3. The lowest BCUT2D eigenvalue weighted by Crippen LogP contribution is -2.20. The highest BCUT2D eigenvalue weighted by molar-refractivity contribution is 6.00. The van der Waals surface area contributed by atoms with E-state index in [1.807, 2.05) is 0 Å². The van der Waals surface area contributed by atoms with Crippen LogP contribution in [0.15, 0.2) is 73.6 Å². The minimum Gasteiger partial charge on any atom is -0.494 e. The SMILES string of the molecule is CCOc1cc(F)c(Cn2nc(-c3nc(Nc4ccncn4)c(NC(=O)COC)c(Nc4ccncn4)n3)c3ccccc32)c(F)c1. The summed E-state index contributed by atoms with van der Waals surface area (Å²) in [5, 5.41) is 14.3. The van der Waals surface area contributed by atoms with Gasteiger partial charge in [0.15, 0.2) is 17.5 Å². The molecular weight excluding hydrogens is 612 g/mol. The number of carbonyl (C=O) groups excluding carboxylic acids is 1. The van der Waals surface area contributed by atoms with E-state index in [9.17, 15) is 4.79 Å². The van der Waals surface area contributed by atoms with Gasteiger partial charge in [0.1, 0.15) is 59.7 Å². The van der Waals surface area contributed by atoms with Gasteiger partial charge in [-0.1, -0.05) is 18.2 Å². The minimum atomic E-state index is -0.769. The molecule has 3 N–H and O–H groups in total. The normalized spacial score (nSPS) is 11.0. The predicted molar refractivity (Wildman–Crippen MR) is 169 cm³/mol. The summed E-state index contributed by atoms with van der Waals surface area (Å²) in [5.41, 5.74) is 0.850. The largest absolute Gasteiger partial charge is 0.494 e. The summed E-state index contributed by atoms with van der Waals surface area (Å²) < 4.78 is 42.0. The number of hydrogen-bond acceptors (Lipinski definition) is 12. The first-order valence-corrected chi connectivity index (χ1v) is 14.3. The third-order valence-electron chi connectivity index (χ3n) is 6.71. The van der Waals surface area contributed by atoms with Crippen molar-refractivity contribution < 1.29 is 23.0 Å². The molecule has 4 aromatic heterocycles. The lowest BCUT2D eigenvalue weighted by molar-refractivity contribution is -0.119. The molecule has 14 nitrogen and oxygen atoms in total. The number of anilines is 5. The Morgan fingerprint density at radius 2 is 1.55 bits per heavy atom. The summed E-state index contributed by atoms with van der Waals surface area (Å²) in [6.07, 6.45) is 5.77. The molecule has 0 aliphatic carbocycles. The molecule has 0 spiro atoms. The van der Waals surface area contributed by atoms with E-state index < -0.39 is 17.5 Å². The maximum absolute atomic E-state index is 15.1. The van der Waals surface area contributed by atoms with E-state index >= 15 is 8.78 Å². The van der Waals surface area contributed by atoms with E-state index in [4.69, 9.17) is 24.5 Å². The van der Waals surface area contributed by atoms with Gasteiger partial charge < -0.3 is 25.4 Å². The molecule has 1 amide bonds. The number of hydrogen-bond donors (Lipinski definition) is 3. The van der Waals surface area contributed by atoms with Crippen LogP contribution in [0.2, 0.25) is 0 Å². The second-order valence-electron chi connectivity index (χ2n) is 9.86. The van der Waals surface area contributed by atoms with Gasteiger partial charge in [-0.15, -0.1) is 0 Å². The number of nitrogens with zero attached hydrogens (tertiary/aromatic N) is 8. The minimum absolute atomic E-state index is 0.0933. The highest BCUT2D eigenvalue weighted by Gasteiger charge is 2.23. The number of amides is 1. The number of rotatable bonds is 12. The van der Waals surface area contributed by atoms with Crippen molar-refractivity contribution in [2.24, 2.45) is 0 Å². The Morgan fingerprint density at radius 3 is 2.13 bits per heavy atom. The molecule has 6 rings (SSSR count). The number of ether oxygens (including phenoxy) is 2. The van der Waals surface area contributed by atoms with Crippen molar-refractivity contribution in [2.45, 2.75) is 13.5 Å². The van der Waals surface area contributed by atoms with Crippen molar-refractivity contribution in [3.05, 3.63) is 90.8 Å². The van der Waals surface area contributed by atoms with Crippen LogP contribution in [0.5, 0.6) is 5.75 Å². The van der Waals surface area contributed by atoms with Crippen LogP contribution < -0.4 is 20.7 Å². The van der Waals surface area contributed by atoms with Crippen LogP contribution in [0.25, 0.3) is 22.4 Å². The van der Waals surface area contributed by atoms with Crippen molar-refractivity contribution >= 4 is 45.8 Å². The average Bonchev–Trinajstić information content (AvgIpc) is 3.44. The van der Waals surface area contributed by atoms with Crippen LogP contribution in [0.3, 0.4) is 0 Å². The Balaban J connectivity index is 1.51. The number of carbonyl (C=O) groups is 1. The Bertz CT molecular complexity index is 1940. The smallest absolute Gasteiger partial charge is 0.250 e. The summed E-state index contributed by atoms with van der Waals surface area (Å²) >= 11 is 0. The number of aromatic nitrogens is 8. The highest BCUT2D eigenvalue weighted by atomic mass is 19.1. The molecule has 0 bridgehead atoms. The van der Waals surface area contributed by atoms with Gasteiger partial charge in [0.2, 0.25) is 0 Å². The second kappa shape index (κ2) is 13.9. The molecule has 0 aliphatic rings. The monoisotopic (exact) mass is 639 g/mol. The molecule has 0 radical (unpaired) electrons. The molecule has 238 valence electrons. The number of para-hydroxylation sites is 1. The lowest BCUT2D eigenvalue weighted by atomic mass is 10.1. The fourth-order valence-electron chi connectivity index (χ4n) is 4.69. The summed E-state index contributed by atoms with van der Waals surface area (Å²) in [6.45, 7) is 1.53. The summed E-state index contributed by atoms with van der Waals surface area (Å²) in [7, 11) is 1.39. The Hall–Kier alpha value is -6.16. The van der Waals surface area contributed by atoms with Crippen LogP contribution in [0.4, 0.5) is 37.7 Å². The van der Waals surface area contributed by atoms with E-state index in [0.717, 1.165) is 12.1 Å². The van der Waals surface area contributed by atoms with Crippen LogP contribution in [-0.4, -0.2) is 65.9 Å². The van der Waals surface area contributed by atoms with Gasteiger partial charge >= 0.3 is 0 Å². The maximum Gasteiger partial charge on any atom is 0.250 e. The van der Waals surface area contributed by atoms with E-state index in [-0.39, 0.29) is 54.2 Å². The van der Waals surface area contributed by atoms with Gasteiger partial charge in [-0.2, -0.15) is 5.10 Å². The second-order valence-corrected chi connectivity index (χ2v) is 9.86. The number of halogens is 2. The van der Waals surface area contributed by atoms with E-state index in [1.54, 1.807) is 43.3 Å². The molecule has 2 aromatic carbocycles. The Labute approximate surface area is 266 Å². The van der Waals surface area contributed by atoms with Gasteiger partial charge in [0.25, 0.3) is 5.91 Å². The molecule has 0 atom stereocenters. The number of fused-ring (bicyclic) bond motifs is 1. The van der Waals surface area contributed by atoms with Crippen molar-refractivity contribution in [1.82, 2.24) is 39.7 Å². The third kappa shape index (κ3) is 6.91. The average molecular weight is 640 g/mol. The van der Waals surface area contributed by atoms with Crippen molar-refractivity contribution in [3.8, 4) is 17.3 Å². The van der Waals surface area contributed by atoms with E-state index in [0.29, 0.717) is 28.2 Å². The van der Waals surface area contributed by atoms with Gasteiger partial charge in [0, 0.05) is 42.6 Å². The molecule has 4 heterocycles. The Morgan fingerprint density at radius 1 is 0.915 bits per heavy atom. The molecule has 0 aliphatic heterocycles. The van der Waals surface area contributed by atoms with E-state index in [1.165, 1.54) is 36.8 Å². The van der Waals surface area contributed by atoms with Gasteiger partial charge in [-0.3, -0.25) is 9.48 Å². The van der Waals surface area contributed by atoms with Gasteiger partial charge in [-0.25, -0.2) is 38.7 Å². The van der Waals surface area contributed by atoms with Crippen LogP contribution in [0.1, 0.15) is 12.5 Å². The van der Waals surface area contributed by atoms with Crippen LogP contribution in [0, 0.1) is 11.6 Å². The standard InChI is InChI=1S/C31H27F2N11O3/c1-3-47-18-12-21(32)20(22(33)13-18)14-44-23-7-5-4-6-19(23)27(43-44)29-41-30(38-24-8-10-34-16-36-24)28(40-26(45)15-46-2)31(42-29)39-25-9-11-35-17-37-25/h4-13,16-17H,3,14-15H2,1-2H3,(H,40,45)(H2,34,35,36,37,38,39,41,42). The maximum atomic E-state index is 15.1. The summed E-state index contributed by atoms with van der Waals surface area (Å²) in [5.74, 6) is -0.762. The first kappa shape index (κ1) is 30.8. The Kier molecular flexibility index (Phi) is 9.10. The number of nitrogens with one attached hydrogen (secondary N) is 3. The van der Waals surface area contributed by atoms with Crippen LogP contribution >= 0.6 is 0 Å². The molecule has 0 fully saturated rings. The molecule has 6 aromatic rings. The molecule has 47 heavy (non-hydrogen) atoms. The summed E-state index contributed by atoms with van der Waals surface area (Å²) in [6, 6.07) is 12.7. The zero-order valence-electron chi connectivity index (χ0n) is 25.1. The molecular formula is C31H27F2N11O3. The topological polar surface area (TPSA) is 167 Å². The van der Waals surface area contributed by atoms with Gasteiger partial charge in [-0.05, 0) is 25.1 Å².